The Kier molecular flexibility index (Phi) is 11.4. The first-order valence-electron chi connectivity index (χ1n) is 14.4. The van der Waals surface area contributed by atoms with Gasteiger partial charge in [0.25, 0.3) is 10.0 Å². The summed E-state index contributed by atoms with van der Waals surface area (Å²) in [5, 5.41) is 3.73. The van der Waals surface area contributed by atoms with Gasteiger partial charge in [0.1, 0.15) is 24.1 Å². The van der Waals surface area contributed by atoms with Crippen LogP contribution in [-0.2, 0) is 26.2 Å². The SMILES string of the molecule is CC[C@@H](C(=O)NC1CCCC1)N(Cc1c(Cl)cccc1Cl)C(=O)CN(c1cc(OC)ccc1OC)S(=O)(=O)c1ccccc1. The summed E-state index contributed by atoms with van der Waals surface area (Å²) in [7, 11) is -1.44. The third kappa shape index (κ3) is 7.60. The highest BCUT2D eigenvalue weighted by Gasteiger charge is 2.36. The molecule has 0 aromatic heterocycles. The predicted molar refractivity (Wildman–Crippen MR) is 172 cm³/mol. The number of benzene rings is 3. The first-order chi connectivity index (χ1) is 21.1. The fourth-order valence-electron chi connectivity index (χ4n) is 5.37. The van der Waals surface area contributed by atoms with E-state index in [0.717, 1.165) is 30.0 Å². The van der Waals surface area contributed by atoms with Crippen molar-refractivity contribution < 1.29 is 27.5 Å². The van der Waals surface area contributed by atoms with Gasteiger partial charge in [-0.1, -0.05) is 67.2 Å². The highest BCUT2D eigenvalue weighted by atomic mass is 35.5. The number of nitrogens with zero attached hydrogens (tertiary/aromatic N) is 2. The van der Waals surface area contributed by atoms with Crippen molar-refractivity contribution in [2.24, 2.45) is 0 Å². The molecule has 3 aromatic rings. The van der Waals surface area contributed by atoms with E-state index in [4.69, 9.17) is 32.7 Å². The Morgan fingerprint density at radius 1 is 0.955 bits per heavy atom. The molecule has 0 aliphatic heterocycles. The van der Waals surface area contributed by atoms with Crippen LogP contribution in [0.3, 0.4) is 0 Å². The molecule has 0 saturated heterocycles. The number of carbonyl (C=O) groups excluding carboxylic acids is 2. The molecule has 1 N–H and O–H groups in total. The third-order valence-electron chi connectivity index (χ3n) is 7.74. The van der Waals surface area contributed by atoms with Gasteiger partial charge in [0.15, 0.2) is 0 Å². The number of hydrogen-bond acceptors (Lipinski definition) is 6. The first-order valence-corrected chi connectivity index (χ1v) is 16.6. The number of sulfonamides is 1. The molecule has 0 radical (unpaired) electrons. The van der Waals surface area contributed by atoms with Crippen molar-refractivity contribution in [1.29, 1.82) is 0 Å². The summed E-state index contributed by atoms with van der Waals surface area (Å²) in [4.78, 5) is 29.4. The van der Waals surface area contributed by atoms with Gasteiger partial charge in [-0.15, -0.1) is 0 Å². The minimum absolute atomic E-state index is 0.0217. The predicted octanol–water partition coefficient (Wildman–Crippen LogP) is 6.07. The van der Waals surface area contributed by atoms with Gasteiger partial charge in [-0.3, -0.25) is 13.9 Å². The monoisotopic (exact) mass is 661 g/mol. The van der Waals surface area contributed by atoms with E-state index in [9.17, 15) is 18.0 Å². The molecule has 236 valence electrons. The second-order valence-corrected chi connectivity index (χ2v) is 13.2. The van der Waals surface area contributed by atoms with Gasteiger partial charge >= 0.3 is 0 Å². The Morgan fingerprint density at radius 3 is 2.20 bits per heavy atom. The molecule has 1 atom stereocenters. The summed E-state index contributed by atoms with van der Waals surface area (Å²) in [6, 6.07) is 16.6. The topological polar surface area (TPSA) is 105 Å². The summed E-state index contributed by atoms with van der Waals surface area (Å²) in [6.07, 6.45) is 4.05. The molecule has 0 heterocycles. The smallest absolute Gasteiger partial charge is 0.264 e. The number of halogens is 2. The zero-order chi connectivity index (χ0) is 31.9. The highest BCUT2D eigenvalue weighted by molar-refractivity contribution is 7.92. The lowest BCUT2D eigenvalue weighted by Gasteiger charge is -2.34. The van der Waals surface area contributed by atoms with Gasteiger partial charge in [-0.25, -0.2) is 8.42 Å². The molecule has 0 bridgehead atoms. The minimum Gasteiger partial charge on any atom is -0.497 e. The second-order valence-electron chi connectivity index (χ2n) is 10.5. The molecule has 1 fully saturated rings. The summed E-state index contributed by atoms with van der Waals surface area (Å²) >= 11 is 13.0. The van der Waals surface area contributed by atoms with Crippen molar-refractivity contribution in [2.45, 2.75) is 62.6 Å². The fraction of sp³-hybridized carbons (Fsp3) is 0.375. The number of hydrogen-bond donors (Lipinski definition) is 1. The Labute approximate surface area is 269 Å². The Morgan fingerprint density at radius 2 is 1.61 bits per heavy atom. The maximum atomic E-state index is 14.4. The number of nitrogens with one attached hydrogen (secondary N) is 1. The lowest BCUT2D eigenvalue weighted by molar-refractivity contribution is -0.140. The van der Waals surface area contributed by atoms with Crippen molar-refractivity contribution in [1.82, 2.24) is 10.2 Å². The van der Waals surface area contributed by atoms with Crippen LogP contribution < -0.4 is 19.1 Å². The standard InChI is InChI=1S/C32H37Cl2N3O6S/c1-4-28(32(39)35-22-11-8-9-12-22)36(20-25-26(33)15-10-16-27(25)34)31(38)21-37(44(40,41)24-13-6-5-7-14-24)29-19-23(42-2)17-18-30(29)43-3/h5-7,10,13-19,22,28H,4,8-9,11-12,20-21H2,1-3H3,(H,35,39)/t28-/m0/s1. The van der Waals surface area contributed by atoms with Crippen LogP contribution in [0.15, 0.2) is 71.6 Å². The summed E-state index contributed by atoms with van der Waals surface area (Å²) in [5.41, 5.74) is 0.552. The number of amides is 2. The van der Waals surface area contributed by atoms with E-state index in [-0.39, 0.29) is 41.2 Å². The number of ether oxygens (including phenoxy) is 2. The molecular formula is C32H37Cl2N3O6S. The van der Waals surface area contributed by atoms with E-state index in [0.29, 0.717) is 21.4 Å². The van der Waals surface area contributed by atoms with Crippen molar-refractivity contribution in [3.05, 3.63) is 82.3 Å². The molecular weight excluding hydrogens is 625 g/mol. The maximum Gasteiger partial charge on any atom is 0.264 e. The molecule has 3 aromatic carbocycles. The number of rotatable bonds is 13. The second kappa shape index (κ2) is 15.0. The van der Waals surface area contributed by atoms with Crippen LogP contribution >= 0.6 is 23.2 Å². The molecule has 1 saturated carbocycles. The van der Waals surface area contributed by atoms with Gasteiger partial charge in [0, 0.05) is 34.3 Å². The van der Waals surface area contributed by atoms with E-state index in [1.807, 2.05) is 0 Å². The molecule has 1 aliphatic rings. The van der Waals surface area contributed by atoms with Crippen LogP contribution in [0.4, 0.5) is 5.69 Å². The molecule has 1 aliphatic carbocycles. The largest absolute Gasteiger partial charge is 0.497 e. The fourth-order valence-corrected chi connectivity index (χ4v) is 7.32. The molecule has 0 spiro atoms. The average molecular weight is 663 g/mol. The molecule has 4 rings (SSSR count). The summed E-state index contributed by atoms with van der Waals surface area (Å²) < 4.78 is 40.2. The van der Waals surface area contributed by atoms with E-state index < -0.39 is 28.5 Å². The normalized spacial score (nSPS) is 14.1. The van der Waals surface area contributed by atoms with Gasteiger partial charge in [-0.2, -0.15) is 0 Å². The summed E-state index contributed by atoms with van der Waals surface area (Å²) in [5.74, 6) is -0.362. The van der Waals surface area contributed by atoms with Crippen LogP contribution in [0.2, 0.25) is 10.0 Å². The van der Waals surface area contributed by atoms with E-state index in [1.54, 1.807) is 55.5 Å². The van der Waals surface area contributed by atoms with Crippen molar-refractivity contribution >= 4 is 50.7 Å². The molecule has 44 heavy (non-hydrogen) atoms. The van der Waals surface area contributed by atoms with Gasteiger partial charge < -0.3 is 19.7 Å². The molecule has 12 heteroatoms. The third-order valence-corrected chi connectivity index (χ3v) is 10.2. The van der Waals surface area contributed by atoms with E-state index >= 15 is 0 Å². The number of carbonyl (C=O) groups is 2. The van der Waals surface area contributed by atoms with Crippen molar-refractivity contribution in [2.75, 3.05) is 25.1 Å². The number of methoxy groups -OCH3 is 2. The lowest BCUT2D eigenvalue weighted by Crippen LogP contribution is -2.53. The van der Waals surface area contributed by atoms with Crippen molar-refractivity contribution in [3.63, 3.8) is 0 Å². The highest BCUT2D eigenvalue weighted by Crippen LogP contribution is 2.36. The quantitative estimate of drug-likeness (QED) is 0.238. The van der Waals surface area contributed by atoms with Crippen LogP contribution in [0, 0.1) is 0 Å². The Hall–Kier alpha value is -3.47. The number of anilines is 1. The van der Waals surface area contributed by atoms with E-state index in [1.165, 1.54) is 37.3 Å². The Balaban J connectivity index is 1.80. The zero-order valence-corrected chi connectivity index (χ0v) is 27.3. The van der Waals surface area contributed by atoms with Gasteiger partial charge in [0.2, 0.25) is 11.8 Å². The molecule has 0 unspecified atom stereocenters. The first kappa shape index (κ1) is 33.4. The van der Waals surface area contributed by atoms with Crippen LogP contribution in [0.25, 0.3) is 0 Å². The van der Waals surface area contributed by atoms with E-state index in [2.05, 4.69) is 5.32 Å². The van der Waals surface area contributed by atoms with Crippen LogP contribution in [-0.4, -0.2) is 58.0 Å². The van der Waals surface area contributed by atoms with Crippen LogP contribution in [0.1, 0.15) is 44.6 Å². The minimum atomic E-state index is -4.30. The average Bonchev–Trinajstić information content (AvgIpc) is 3.54. The zero-order valence-electron chi connectivity index (χ0n) is 25.0. The Bertz CT molecular complexity index is 1550. The maximum absolute atomic E-state index is 14.4. The van der Waals surface area contributed by atoms with Gasteiger partial charge in [-0.05, 0) is 55.7 Å². The van der Waals surface area contributed by atoms with Crippen LogP contribution in [0.5, 0.6) is 11.5 Å². The lowest BCUT2D eigenvalue weighted by atomic mass is 10.1. The summed E-state index contributed by atoms with van der Waals surface area (Å²) in [6.45, 7) is 1.05. The molecule has 9 nitrogen and oxygen atoms in total. The molecule has 2 amide bonds. The van der Waals surface area contributed by atoms with Crippen molar-refractivity contribution in [3.8, 4) is 11.5 Å². The van der Waals surface area contributed by atoms with Gasteiger partial charge in [0.05, 0.1) is 24.8 Å².